The van der Waals surface area contributed by atoms with Crippen LogP contribution >= 0.6 is 22.9 Å². The van der Waals surface area contributed by atoms with Crippen molar-refractivity contribution in [2.75, 3.05) is 11.9 Å². The fraction of sp³-hybridized carbons (Fsp3) is 0.750. The Hall–Kier alpha value is -0.280. The lowest BCUT2D eigenvalue weighted by Gasteiger charge is -2.24. The average molecular weight is 259 g/mol. The highest BCUT2D eigenvalue weighted by Gasteiger charge is 2.19. The van der Waals surface area contributed by atoms with E-state index >= 15 is 0 Å². The molecule has 1 saturated carbocycles. The van der Waals surface area contributed by atoms with Crippen LogP contribution in [0, 0.1) is 19.8 Å². The van der Waals surface area contributed by atoms with Gasteiger partial charge in [-0.05, 0) is 45.4 Å². The van der Waals surface area contributed by atoms with Gasteiger partial charge < -0.3 is 5.32 Å². The first-order valence-electron chi connectivity index (χ1n) is 5.97. The van der Waals surface area contributed by atoms with Gasteiger partial charge in [-0.1, -0.05) is 0 Å². The third-order valence-electron chi connectivity index (χ3n) is 3.35. The number of hydrogen-bond acceptors (Lipinski definition) is 3. The van der Waals surface area contributed by atoms with E-state index in [0.717, 1.165) is 23.3 Å². The molecule has 1 aliphatic rings. The summed E-state index contributed by atoms with van der Waals surface area (Å²) >= 11 is 7.85. The van der Waals surface area contributed by atoms with Crippen molar-refractivity contribution in [3.63, 3.8) is 0 Å². The topological polar surface area (TPSA) is 24.9 Å². The van der Waals surface area contributed by atoms with E-state index in [0.29, 0.717) is 5.38 Å². The molecule has 0 radical (unpaired) electrons. The molecular weight excluding hydrogens is 240 g/mol. The number of aromatic nitrogens is 1. The van der Waals surface area contributed by atoms with Gasteiger partial charge in [-0.15, -0.1) is 22.9 Å². The van der Waals surface area contributed by atoms with Crippen LogP contribution in [0.5, 0.6) is 0 Å². The molecule has 0 spiro atoms. The van der Waals surface area contributed by atoms with E-state index in [1.54, 1.807) is 11.3 Å². The first-order valence-corrected chi connectivity index (χ1v) is 7.22. The lowest BCUT2D eigenvalue weighted by molar-refractivity contribution is 0.378. The number of nitrogens with one attached hydrogen (secondary N) is 1. The monoisotopic (exact) mass is 258 g/mol. The highest BCUT2D eigenvalue weighted by molar-refractivity contribution is 7.15. The van der Waals surface area contributed by atoms with E-state index < -0.39 is 0 Å². The van der Waals surface area contributed by atoms with Gasteiger partial charge in [-0.2, -0.15) is 0 Å². The van der Waals surface area contributed by atoms with Crippen LogP contribution in [-0.2, 0) is 0 Å². The van der Waals surface area contributed by atoms with Crippen molar-refractivity contribution in [1.29, 1.82) is 0 Å². The number of hydrogen-bond donors (Lipinski definition) is 1. The second kappa shape index (κ2) is 5.37. The fourth-order valence-corrected chi connectivity index (χ4v) is 3.18. The van der Waals surface area contributed by atoms with E-state index in [4.69, 9.17) is 11.6 Å². The minimum absolute atomic E-state index is 0.417. The summed E-state index contributed by atoms with van der Waals surface area (Å²) in [7, 11) is 0. The number of halogens is 1. The molecule has 0 aliphatic heterocycles. The quantitative estimate of drug-likeness (QED) is 0.830. The maximum atomic E-state index is 6.09. The number of aryl methyl sites for hydroxylation is 2. The highest BCUT2D eigenvalue weighted by atomic mass is 35.5. The van der Waals surface area contributed by atoms with Crippen LogP contribution in [0.4, 0.5) is 5.13 Å². The van der Waals surface area contributed by atoms with Crippen LogP contribution in [0.25, 0.3) is 0 Å². The number of nitrogens with zero attached hydrogens (tertiary/aromatic N) is 1. The summed E-state index contributed by atoms with van der Waals surface area (Å²) in [5, 5.41) is 4.94. The SMILES string of the molecule is Cc1nc(NCC2CCC(Cl)CC2)sc1C. The van der Waals surface area contributed by atoms with Crippen molar-refractivity contribution >= 4 is 28.1 Å². The molecule has 16 heavy (non-hydrogen) atoms. The lowest BCUT2D eigenvalue weighted by Crippen LogP contribution is -2.21. The van der Waals surface area contributed by atoms with Crippen molar-refractivity contribution in [3.05, 3.63) is 10.6 Å². The number of rotatable bonds is 3. The molecule has 2 rings (SSSR count). The molecule has 1 aromatic heterocycles. The van der Waals surface area contributed by atoms with Gasteiger partial charge in [0.05, 0.1) is 5.69 Å². The van der Waals surface area contributed by atoms with E-state index in [1.165, 1.54) is 30.6 Å². The summed E-state index contributed by atoms with van der Waals surface area (Å²) in [5.41, 5.74) is 1.15. The van der Waals surface area contributed by atoms with Gasteiger partial charge in [-0.25, -0.2) is 4.98 Å². The molecule has 2 nitrogen and oxygen atoms in total. The van der Waals surface area contributed by atoms with E-state index in [2.05, 4.69) is 24.1 Å². The molecule has 0 saturated heterocycles. The van der Waals surface area contributed by atoms with Crippen molar-refractivity contribution < 1.29 is 0 Å². The molecule has 90 valence electrons. The van der Waals surface area contributed by atoms with Gasteiger partial charge >= 0.3 is 0 Å². The Labute approximate surface area is 106 Å². The zero-order valence-electron chi connectivity index (χ0n) is 9.92. The Morgan fingerprint density at radius 3 is 2.56 bits per heavy atom. The summed E-state index contributed by atoms with van der Waals surface area (Å²) < 4.78 is 0. The third kappa shape index (κ3) is 3.11. The summed E-state index contributed by atoms with van der Waals surface area (Å²) in [6, 6.07) is 0. The smallest absolute Gasteiger partial charge is 0.183 e. The largest absolute Gasteiger partial charge is 0.361 e. The zero-order chi connectivity index (χ0) is 11.5. The maximum Gasteiger partial charge on any atom is 0.183 e. The summed E-state index contributed by atoms with van der Waals surface area (Å²) in [6.45, 7) is 5.24. The average Bonchev–Trinajstić information content (AvgIpc) is 2.58. The minimum Gasteiger partial charge on any atom is -0.361 e. The fourth-order valence-electron chi connectivity index (χ4n) is 2.11. The molecule has 1 fully saturated rings. The molecule has 4 heteroatoms. The van der Waals surface area contributed by atoms with E-state index in [-0.39, 0.29) is 0 Å². The molecule has 0 bridgehead atoms. The van der Waals surface area contributed by atoms with Gasteiger partial charge in [0.2, 0.25) is 0 Å². The Balaban J connectivity index is 1.79. The number of thiazole rings is 1. The van der Waals surface area contributed by atoms with Crippen LogP contribution in [0.1, 0.15) is 36.3 Å². The first-order chi connectivity index (χ1) is 7.65. The molecule has 0 unspecified atom stereocenters. The summed E-state index contributed by atoms with van der Waals surface area (Å²) in [4.78, 5) is 5.80. The number of alkyl halides is 1. The summed E-state index contributed by atoms with van der Waals surface area (Å²) in [6.07, 6.45) is 4.85. The second-order valence-corrected chi connectivity index (χ2v) is 6.48. The third-order valence-corrected chi connectivity index (χ3v) is 4.81. The molecule has 1 aliphatic carbocycles. The molecule has 1 aromatic rings. The molecule has 0 amide bonds. The zero-order valence-corrected chi connectivity index (χ0v) is 11.5. The van der Waals surface area contributed by atoms with Crippen LogP contribution in [-0.4, -0.2) is 16.9 Å². The minimum atomic E-state index is 0.417. The van der Waals surface area contributed by atoms with E-state index in [9.17, 15) is 0 Å². The Bertz CT molecular complexity index is 323. The lowest BCUT2D eigenvalue weighted by atomic mass is 9.89. The molecule has 1 heterocycles. The predicted molar refractivity (Wildman–Crippen MR) is 71.7 cm³/mol. The van der Waals surface area contributed by atoms with Crippen LogP contribution in [0.3, 0.4) is 0 Å². The van der Waals surface area contributed by atoms with Gasteiger partial charge in [-0.3, -0.25) is 0 Å². The molecule has 1 N–H and O–H groups in total. The summed E-state index contributed by atoms with van der Waals surface area (Å²) in [5.74, 6) is 0.777. The second-order valence-electron chi connectivity index (χ2n) is 4.66. The Kier molecular flexibility index (Phi) is 4.09. The van der Waals surface area contributed by atoms with Crippen LogP contribution in [0.15, 0.2) is 0 Å². The first kappa shape index (κ1) is 12.2. The maximum absolute atomic E-state index is 6.09. The predicted octanol–water partition coefficient (Wildman–Crippen LogP) is 3.97. The van der Waals surface area contributed by atoms with Crippen molar-refractivity contribution in [2.45, 2.75) is 44.9 Å². The Morgan fingerprint density at radius 2 is 2.00 bits per heavy atom. The number of anilines is 1. The van der Waals surface area contributed by atoms with Gasteiger partial charge in [0.25, 0.3) is 0 Å². The van der Waals surface area contributed by atoms with Gasteiger partial charge in [0, 0.05) is 16.8 Å². The van der Waals surface area contributed by atoms with Crippen LogP contribution < -0.4 is 5.32 Å². The highest BCUT2D eigenvalue weighted by Crippen LogP contribution is 2.28. The normalized spacial score (nSPS) is 25.7. The van der Waals surface area contributed by atoms with Crippen molar-refractivity contribution in [3.8, 4) is 0 Å². The van der Waals surface area contributed by atoms with Crippen molar-refractivity contribution in [2.24, 2.45) is 5.92 Å². The molecule has 0 atom stereocenters. The van der Waals surface area contributed by atoms with Crippen molar-refractivity contribution in [1.82, 2.24) is 4.98 Å². The van der Waals surface area contributed by atoms with Gasteiger partial charge in [0.15, 0.2) is 5.13 Å². The van der Waals surface area contributed by atoms with Gasteiger partial charge in [0.1, 0.15) is 0 Å². The molecule has 0 aromatic carbocycles. The molecular formula is C12H19ClN2S. The van der Waals surface area contributed by atoms with E-state index in [1.807, 2.05) is 0 Å². The van der Waals surface area contributed by atoms with Crippen LogP contribution in [0.2, 0.25) is 0 Å². The standard InChI is InChI=1S/C12H19ClN2S/c1-8-9(2)16-12(15-8)14-7-10-3-5-11(13)6-4-10/h10-11H,3-7H2,1-2H3,(H,14,15). The Morgan fingerprint density at radius 1 is 1.31 bits per heavy atom.